The van der Waals surface area contributed by atoms with Crippen molar-refractivity contribution in [3.05, 3.63) is 34.9 Å². The Bertz CT molecular complexity index is 617. The molecule has 0 fully saturated rings. The number of nitrogen functional groups attached to an aromatic ring is 1. The second kappa shape index (κ2) is 6.23. The third-order valence-corrected chi connectivity index (χ3v) is 3.06. The highest BCUT2D eigenvalue weighted by Gasteiger charge is 2.04. The van der Waals surface area contributed by atoms with Crippen LogP contribution < -0.4 is 16.2 Å². The molecule has 0 amide bonds. The van der Waals surface area contributed by atoms with Crippen molar-refractivity contribution in [1.82, 2.24) is 19.6 Å². The molecular weight excluding hydrogens is 256 g/mol. The molecular formula is C13H20N6O. The molecule has 0 atom stereocenters. The van der Waals surface area contributed by atoms with E-state index < -0.39 is 0 Å². The summed E-state index contributed by atoms with van der Waals surface area (Å²) in [7, 11) is 1.96. The third-order valence-electron chi connectivity index (χ3n) is 3.06. The number of anilines is 2. The van der Waals surface area contributed by atoms with Crippen molar-refractivity contribution < 1.29 is 0 Å². The molecule has 0 saturated heterocycles. The first-order valence-electron chi connectivity index (χ1n) is 6.67. The normalized spacial score (nSPS) is 10.7. The van der Waals surface area contributed by atoms with Gasteiger partial charge in [0.25, 0.3) is 5.56 Å². The molecule has 0 bridgehead atoms. The molecule has 7 nitrogen and oxygen atoms in total. The minimum atomic E-state index is -0.106. The van der Waals surface area contributed by atoms with Crippen molar-refractivity contribution in [3.63, 3.8) is 0 Å². The number of aromatic nitrogens is 4. The van der Waals surface area contributed by atoms with E-state index in [1.807, 2.05) is 11.9 Å². The number of nitrogens with two attached hydrogens (primary N) is 1. The zero-order valence-electron chi connectivity index (χ0n) is 11.9. The number of hydrogen-bond acceptors (Lipinski definition) is 5. The highest BCUT2D eigenvalue weighted by Crippen LogP contribution is 2.07. The van der Waals surface area contributed by atoms with Crippen LogP contribution in [0.5, 0.6) is 0 Å². The van der Waals surface area contributed by atoms with E-state index in [0.717, 1.165) is 18.7 Å². The van der Waals surface area contributed by atoms with Crippen LogP contribution in [-0.2, 0) is 13.1 Å². The lowest BCUT2D eigenvalue weighted by Crippen LogP contribution is -2.27. The summed E-state index contributed by atoms with van der Waals surface area (Å²) >= 11 is 0. The van der Waals surface area contributed by atoms with Gasteiger partial charge in [-0.3, -0.25) is 9.48 Å². The highest BCUT2D eigenvalue weighted by atomic mass is 16.1. The van der Waals surface area contributed by atoms with Gasteiger partial charge in [0.05, 0.1) is 25.0 Å². The lowest BCUT2D eigenvalue weighted by atomic mass is 10.3. The van der Waals surface area contributed by atoms with E-state index in [9.17, 15) is 4.79 Å². The standard InChI is InChI=1S/C13H20N6O/c1-3-5-17(2)11-9-13(20)19(15-10-11)8-7-18-6-4-12(14)16-18/h4,6,9-10H,3,5,7-8H2,1-2H3,(H2,14,16). The first kappa shape index (κ1) is 14.1. The minimum Gasteiger partial charge on any atom is -0.382 e. The molecule has 2 aromatic heterocycles. The van der Waals surface area contributed by atoms with Crippen LogP contribution in [0.3, 0.4) is 0 Å². The molecule has 0 radical (unpaired) electrons. The number of hydrogen-bond donors (Lipinski definition) is 1. The summed E-state index contributed by atoms with van der Waals surface area (Å²) in [4.78, 5) is 14.0. The van der Waals surface area contributed by atoms with Gasteiger partial charge < -0.3 is 10.6 Å². The molecule has 0 aromatic carbocycles. The molecule has 0 aliphatic rings. The molecule has 2 N–H and O–H groups in total. The van der Waals surface area contributed by atoms with E-state index in [0.29, 0.717) is 18.9 Å². The minimum absolute atomic E-state index is 0.106. The van der Waals surface area contributed by atoms with Crippen LogP contribution in [0.25, 0.3) is 0 Å². The van der Waals surface area contributed by atoms with E-state index >= 15 is 0 Å². The predicted molar refractivity (Wildman–Crippen MR) is 78.7 cm³/mol. The largest absolute Gasteiger partial charge is 0.382 e. The fourth-order valence-corrected chi connectivity index (χ4v) is 1.96. The number of aryl methyl sites for hydroxylation is 2. The van der Waals surface area contributed by atoms with Crippen molar-refractivity contribution in [2.75, 3.05) is 24.2 Å². The molecule has 0 unspecified atom stereocenters. The SMILES string of the molecule is CCCN(C)c1cnn(CCn2ccc(N)n2)c(=O)c1. The fraction of sp³-hybridized carbons (Fsp3) is 0.462. The second-order valence-electron chi connectivity index (χ2n) is 4.70. The summed E-state index contributed by atoms with van der Waals surface area (Å²) in [5, 5.41) is 8.26. The van der Waals surface area contributed by atoms with Crippen molar-refractivity contribution in [3.8, 4) is 0 Å². The Balaban J connectivity index is 2.04. The molecule has 0 spiro atoms. The molecule has 0 saturated carbocycles. The molecule has 20 heavy (non-hydrogen) atoms. The molecule has 2 heterocycles. The average Bonchev–Trinajstić information content (AvgIpc) is 2.83. The van der Waals surface area contributed by atoms with Crippen LogP contribution in [0, 0.1) is 0 Å². The Kier molecular flexibility index (Phi) is 4.39. The highest BCUT2D eigenvalue weighted by molar-refractivity contribution is 5.41. The van der Waals surface area contributed by atoms with Gasteiger partial charge >= 0.3 is 0 Å². The zero-order chi connectivity index (χ0) is 14.5. The van der Waals surface area contributed by atoms with E-state index in [2.05, 4.69) is 17.1 Å². The summed E-state index contributed by atoms with van der Waals surface area (Å²) in [6.45, 7) is 4.03. The van der Waals surface area contributed by atoms with Gasteiger partial charge in [0, 0.05) is 25.9 Å². The van der Waals surface area contributed by atoms with Gasteiger partial charge in [-0.1, -0.05) is 6.92 Å². The maximum Gasteiger partial charge on any atom is 0.268 e. The van der Waals surface area contributed by atoms with Gasteiger partial charge in [0.15, 0.2) is 0 Å². The zero-order valence-corrected chi connectivity index (χ0v) is 11.9. The second-order valence-corrected chi connectivity index (χ2v) is 4.70. The topological polar surface area (TPSA) is 82.0 Å². The Labute approximate surface area is 117 Å². The monoisotopic (exact) mass is 276 g/mol. The van der Waals surface area contributed by atoms with Gasteiger partial charge in [0.2, 0.25) is 0 Å². The van der Waals surface area contributed by atoms with Crippen molar-refractivity contribution in [1.29, 1.82) is 0 Å². The molecule has 7 heteroatoms. The van der Waals surface area contributed by atoms with Gasteiger partial charge in [-0.2, -0.15) is 10.2 Å². The van der Waals surface area contributed by atoms with Crippen molar-refractivity contribution >= 4 is 11.5 Å². The average molecular weight is 276 g/mol. The molecule has 0 aliphatic carbocycles. The summed E-state index contributed by atoms with van der Waals surface area (Å²) in [6.07, 6.45) is 4.53. The predicted octanol–water partition coefficient (Wildman–Crippen LogP) is 0.568. The Morgan fingerprint density at radius 1 is 1.40 bits per heavy atom. The summed E-state index contributed by atoms with van der Waals surface area (Å²) in [6, 6.07) is 3.33. The number of rotatable bonds is 6. The van der Waals surface area contributed by atoms with Crippen LogP contribution in [0.2, 0.25) is 0 Å². The Hall–Kier alpha value is -2.31. The fourth-order valence-electron chi connectivity index (χ4n) is 1.96. The van der Waals surface area contributed by atoms with Gasteiger partial charge in [0.1, 0.15) is 5.82 Å². The van der Waals surface area contributed by atoms with Crippen LogP contribution in [0.4, 0.5) is 11.5 Å². The lowest BCUT2D eigenvalue weighted by molar-refractivity contribution is 0.483. The quantitative estimate of drug-likeness (QED) is 0.834. The van der Waals surface area contributed by atoms with Gasteiger partial charge in [-0.05, 0) is 12.5 Å². The first-order valence-corrected chi connectivity index (χ1v) is 6.67. The summed E-state index contributed by atoms with van der Waals surface area (Å²) in [5.41, 5.74) is 6.28. The lowest BCUT2D eigenvalue weighted by Gasteiger charge is -2.17. The first-order chi connectivity index (χ1) is 9.60. The molecule has 108 valence electrons. The maximum atomic E-state index is 12.0. The van der Waals surface area contributed by atoms with Crippen LogP contribution in [0.15, 0.2) is 29.3 Å². The van der Waals surface area contributed by atoms with Crippen LogP contribution >= 0.6 is 0 Å². The van der Waals surface area contributed by atoms with E-state index in [-0.39, 0.29) is 5.56 Å². The van der Waals surface area contributed by atoms with E-state index in [1.54, 1.807) is 29.2 Å². The van der Waals surface area contributed by atoms with E-state index in [4.69, 9.17) is 5.73 Å². The molecule has 2 aromatic rings. The van der Waals surface area contributed by atoms with Crippen LogP contribution in [0.1, 0.15) is 13.3 Å². The smallest absolute Gasteiger partial charge is 0.268 e. The van der Waals surface area contributed by atoms with Crippen molar-refractivity contribution in [2.45, 2.75) is 26.4 Å². The molecule has 2 rings (SSSR count). The third kappa shape index (κ3) is 3.37. The summed E-state index contributed by atoms with van der Waals surface area (Å²) in [5.74, 6) is 0.474. The van der Waals surface area contributed by atoms with E-state index in [1.165, 1.54) is 4.68 Å². The van der Waals surface area contributed by atoms with Crippen molar-refractivity contribution in [2.24, 2.45) is 0 Å². The van der Waals surface area contributed by atoms with Crippen LogP contribution in [-0.4, -0.2) is 33.2 Å². The van der Waals surface area contributed by atoms with Gasteiger partial charge in [-0.15, -0.1) is 0 Å². The Morgan fingerprint density at radius 3 is 2.80 bits per heavy atom. The van der Waals surface area contributed by atoms with Gasteiger partial charge in [-0.25, -0.2) is 4.68 Å². The number of nitrogens with zero attached hydrogens (tertiary/aromatic N) is 5. The maximum absolute atomic E-state index is 12.0. The Morgan fingerprint density at radius 2 is 2.20 bits per heavy atom. The molecule has 0 aliphatic heterocycles. The summed E-state index contributed by atoms with van der Waals surface area (Å²) < 4.78 is 3.13.